The molecule has 0 N–H and O–H groups in total. The maximum Gasteiger partial charge on any atom is 0.257 e. The largest absolute Gasteiger partial charge is 0.488 e. The van der Waals surface area contributed by atoms with E-state index >= 15 is 0 Å². The fourth-order valence-electron chi connectivity index (χ4n) is 3.85. The summed E-state index contributed by atoms with van der Waals surface area (Å²) in [7, 11) is 0. The Bertz CT molecular complexity index is 994. The van der Waals surface area contributed by atoms with Crippen LogP contribution in [0, 0.1) is 0 Å². The van der Waals surface area contributed by atoms with E-state index in [1.54, 1.807) is 6.33 Å². The molecule has 1 aliphatic heterocycles. The molecule has 3 aromatic rings. The fourth-order valence-corrected chi connectivity index (χ4v) is 3.97. The fraction of sp³-hybridized carbons (Fsp3) is 0.348. The van der Waals surface area contributed by atoms with Crippen molar-refractivity contribution in [3.05, 3.63) is 76.8 Å². The van der Waals surface area contributed by atoms with Crippen molar-refractivity contribution in [3.63, 3.8) is 0 Å². The van der Waals surface area contributed by atoms with Gasteiger partial charge in [-0.2, -0.15) is 0 Å². The van der Waals surface area contributed by atoms with E-state index < -0.39 is 0 Å². The van der Waals surface area contributed by atoms with Crippen LogP contribution in [0.3, 0.4) is 0 Å². The number of halogens is 1. The number of aromatic nitrogens is 3. The van der Waals surface area contributed by atoms with Crippen LogP contribution in [0.4, 0.5) is 0 Å². The number of hydrogen-bond donors (Lipinski definition) is 0. The Morgan fingerprint density at radius 3 is 2.60 bits per heavy atom. The zero-order chi connectivity index (χ0) is 20.9. The van der Waals surface area contributed by atoms with Crippen LogP contribution in [-0.4, -0.2) is 38.7 Å². The number of carbonyl (C=O) groups excluding carboxylic acids is 1. The number of carbonyl (C=O) groups is 1. The van der Waals surface area contributed by atoms with Gasteiger partial charge in [-0.25, -0.2) is 0 Å². The number of likely N-dealkylation sites (tertiary alicyclic amines) is 1. The summed E-state index contributed by atoms with van der Waals surface area (Å²) in [5.74, 6) is 1.98. The molecule has 0 unspecified atom stereocenters. The number of rotatable bonds is 6. The lowest BCUT2D eigenvalue weighted by atomic mass is 9.95. The number of benzene rings is 2. The van der Waals surface area contributed by atoms with E-state index in [-0.39, 0.29) is 5.91 Å². The van der Waals surface area contributed by atoms with E-state index in [0.29, 0.717) is 41.9 Å². The van der Waals surface area contributed by atoms with E-state index in [9.17, 15) is 4.79 Å². The van der Waals surface area contributed by atoms with Crippen LogP contribution in [0.15, 0.2) is 54.9 Å². The summed E-state index contributed by atoms with van der Waals surface area (Å²) in [6.07, 6.45) is 3.55. The standard InChI is InChI=1S/C23H25ClN4O2/c1-2-27-16-25-26-22(27)18-11-13-28(14-12-18)23(29)20-5-3-4-6-21(20)30-15-17-7-9-19(24)10-8-17/h3-10,16,18H,2,11-15H2,1H3. The van der Waals surface area contributed by atoms with E-state index in [1.165, 1.54) is 0 Å². The van der Waals surface area contributed by atoms with E-state index in [4.69, 9.17) is 16.3 Å². The Kier molecular flexibility index (Phi) is 6.33. The predicted octanol–water partition coefficient (Wildman–Crippen LogP) is 4.55. The number of hydrogen-bond acceptors (Lipinski definition) is 4. The molecule has 4 rings (SSSR count). The average Bonchev–Trinajstić information content (AvgIpc) is 3.27. The highest BCUT2D eigenvalue weighted by molar-refractivity contribution is 6.30. The minimum absolute atomic E-state index is 0.0112. The quantitative estimate of drug-likeness (QED) is 0.582. The molecule has 30 heavy (non-hydrogen) atoms. The van der Waals surface area contributed by atoms with Gasteiger partial charge in [-0.3, -0.25) is 4.79 Å². The van der Waals surface area contributed by atoms with Gasteiger partial charge in [0.15, 0.2) is 0 Å². The summed E-state index contributed by atoms with van der Waals surface area (Å²) in [4.78, 5) is 15.1. The summed E-state index contributed by atoms with van der Waals surface area (Å²) < 4.78 is 8.06. The van der Waals surface area contributed by atoms with Gasteiger partial charge in [0, 0.05) is 30.6 Å². The van der Waals surface area contributed by atoms with Crippen molar-refractivity contribution < 1.29 is 9.53 Å². The van der Waals surface area contributed by atoms with E-state index in [1.807, 2.05) is 53.4 Å². The number of nitrogens with zero attached hydrogens (tertiary/aromatic N) is 4. The van der Waals surface area contributed by atoms with Crippen LogP contribution in [0.2, 0.25) is 5.02 Å². The summed E-state index contributed by atoms with van der Waals surface area (Å²) in [5, 5.41) is 9.02. The monoisotopic (exact) mass is 424 g/mol. The number of ether oxygens (including phenoxy) is 1. The lowest BCUT2D eigenvalue weighted by Gasteiger charge is -2.32. The van der Waals surface area contributed by atoms with Crippen LogP contribution < -0.4 is 4.74 Å². The Morgan fingerprint density at radius 1 is 1.13 bits per heavy atom. The highest BCUT2D eigenvalue weighted by Crippen LogP contribution is 2.29. The SMILES string of the molecule is CCn1cnnc1C1CCN(C(=O)c2ccccc2OCc2ccc(Cl)cc2)CC1. The molecule has 6 nitrogen and oxygen atoms in total. The second-order valence-corrected chi connectivity index (χ2v) is 7.89. The van der Waals surface area contributed by atoms with Gasteiger partial charge in [-0.05, 0) is 49.6 Å². The van der Waals surface area contributed by atoms with Gasteiger partial charge in [0.05, 0.1) is 5.56 Å². The van der Waals surface area contributed by atoms with Gasteiger partial charge in [-0.1, -0.05) is 35.9 Å². The molecule has 0 bridgehead atoms. The number of aryl methyl sites for hydroxylation is 1. The molecule has 0 atom stereocenters. The lowest BCUT2D eigenvalue weighted by molar-refractivity contribution is 0.0705. The average molecular weight is 425 g/mol. The molecule has 1 aliphatic rings. The minimum atomic E-state index is 0.0112. The topological polar surface area (TPSA) is 60.2 Å². The van der Waals surface area contributed by atoms with Crippen molar-refractivity contribution in [1.82, 2.24) is 19.7 Å². The summed E-state index contributed by atoms with van der Waals surface area (Å²) in [5.41, 5.74) is 1.60. The van der Waals surface area contributed by atoms with Crippen molar-refractivity contribution in [3.8, 4) is 5.75 Å². The molecule has 0 saturated carbocycles. The van der Waals surface area contributed by atoms with Crippen LogP contribution in [0.1, 0.15) is 47.4 Å². The molecule has 1 saturated heterocycles. The maximum absolute atomic E-state index is 13.2. The van der Waals surface area contributed by atoms with Crippen molar-refractivity contribution in [2.24, 2.45) is 0 Å². The smallest absolute Gasteiger partial charge is 0.257 e. The zero-order valence-electron chi connectivity index (χ0n) is 17.0. The normalized spacial score (nSPS) is 14.7. The first-order chi connectivity index (χ1) is 14.7. The van der Waals surface area contributed by atoms with Gasteiger partial charge in [0.25, 0.3) is 5.91 Å². The molecule has 0 aliphatic carbocycles. The zero-order valence-corrected chi connectivity index (χ0v) is 17.8. The third-order valence-electron chi connectivity index (χ3n) is 5.56. The Balaban J connectivity index is 1.41. The summed E-state index contributed by atoms with van der Waals surface area (Å²) in [6, 6.07) is 15.0. The van der Waals surface area contributed by atoms with Crippen molar-refractivity contribution >= 4 is 17.5 Å². The Hall–Kier alpha value is -2.86. The van der Waals surface area contributed by atoms with Crippen LogP contribution in [0.5, 0.6) is 5.75 Å². The first kappa shape index (κ1) is 20.4. The van der Waals surface area contributed by atoms with Crippen LogP contribution >= 0.6 is 11.6 Å². The van der Waals surface area contributed by atoms with Crippen LogP contribution in [-0.2, 0) is 13.2 Å². The van der Waals surface area contributed by atoms with Gasteiger partial charge in [0.1, 0.15) is 24.5 Å². The molecule has 7 heteroatoms. The molecule has 1 fully saturated rings. The Morgan fingerprint density at radius 2 is 1.87 bits per heavy atom. The molecular formula is C23H25ClN4O2. The molecule has 2 aromatic carbocycles. The van der Waals surface area contributed by atoms with Crippen molar-refractivity contribution in [2.75, 3.05) is 13.1 Å². The second kappa shape index (κ2) is 9.30. The third-order valence-corrected chi connectivity index (χ3v) is 5.81. The molecule has 0 spiro atoms. The lowest BCUT2D eigenvalue weighted by Crippen LogP contribution is -2.38. The van der Waals surface area contributed by atoms with Crippen molar-refractivity contribution in [1.29, 1.82) is 0 Å². The minimum Gasteiger partial charge on any atom is -0.488 e. The van der Waals surface area contributed by atoms with Crippen molar-refractivity contribution in [2.45, 2.75) is 38.8 Å². The number of piperidine rings is 1. The van der Waals surface area contributed by atoms with E-state index in [2.05, 4.69) is 21.7 Å². The van der Waals surface area contributed by atoms with Gasteiger partial charge in [0.2, 0.25) is 0 Å². The van der Waals surface area contributed by atoms with E-state index in [0.717, 1.165) is 30.8 Å². The molecule has 1 amide bonds. The number of amides is 1. The summed E-state index contributed by atoms with van der Waals surface area (Å²) in [6.45, 7) is 4.74. The number of para-hydroxylation sites is 1. The first-order valence-electron chi connectivity index (χ1n) is 10.3. The molecule has 0 radical (unpaired) electrons. The third kappa shape index (κ3) is 4.49. The molecule has 156 valence electrons. The molecule has 1 aromatic heterocycles. The first-order valence-corrected chi connectivity index (χ1v) is 10.7. The highest BCUT2D eigenvalue weighted by Gasteiger charge is 2.28. The predicted molar refractivity (Wildman–Crippen MR) is 116 cm³/mol. The second-order valence-electron chi connectivity index (χ2n) is 7.45. The Labute approximate surface area is 181 Å². The highest BCUT2D eigenvalue weighted by atomic mass is 35.5. The van der Waals surface area contributed by atoms with Crippen LogP contribution in [0.25, 0.3) is 0 Å². The summed E-state index contributed by atoms with van der Waals surface area (Å²) >= 11 is 5.94. The maximum atomic E-state index is 13.2. The van der Waals surface area contributed by atoms with Gasteiger partial charge < -0.3 is 14.2 Å². The molecular weight excluding hydrogens is 400 g/mol. The van der Waals surface area contributed by atoms with Gasteiger partial charge >= 0.3 is 0 Å². The van der Waals surface area contributed by atoms with Gasteiger partial charge in [-0.15, -0.1) is 10.2 Å². The molecule has 2 heterocycles.